The van der Waals surface area contributed by atoms with Gasteiger partial charge in [0.15, 0.2) is 0 Å². The van der Waals surface area contributed by atoms with Crippen LogP contribution in [0.5, 0.6) is 0 Å². The molecule has 130 valence electrons. The van der Waals surface area contributed by atoms with Gasteiger partial charge in [0.25, 0.3) is 0 Å². The fraction of sp³-hybridized carbons (Fsp3) is 0.167. The zero-order valence-electron chi connectivity index (χ0n) is 14.4. The van der Waals surface area contributed by atoms with Crippen LogP contribution in [0.25, 0.3) is 43.1 Å². The van der Waals surface area contributed by atoms with Gasteiger partial charge in [-0.1, -0.05) is 54.6 Å². The van der Waals surface area contributed by atoms with Gasteiger partial charge in [0, 0.05) is 0 Å². The molecule has 1 aliphatic carbocycles. The Bertz CT molecular complexity index is 1400. The van der Waals surface area contributed by atoms with E-state index in [9.17, 15) is 10.2 Å². The average Bonchev–Trinajstić information content (AvgIpc) is 3.51. The Kier molecular flexibility index (Phi) is 2.43. The molecular weight excluding hydrogens is 336 g/mol. The van der Waals surface area contributed by atoms with Crippen LogP contribution < -0.4 is 0 Å². The summed E-state index contributed by atoms with van der Waals surface area (Å²) < 4.78 is 5.82. The molecule has 3 heteroatoms. The summed E-state index contributed by atoms with van der Waals surface area (Å²) in [4.78, 5) is 0. The lowest BCUT2D eigenvalue weighted by atomic mass is 9.79. The first kappa shape index (κ1) is 14.4. The minimum Gasteiger partial charge on any atom is -0.387 e. The van der Waals surface area contributed by atoms with Crippen LogP contribution in [0.3, 0.4) is 0 Å². The van der Waals surface area contributed by atoms with Crippen molar-refractivity contribution in [3.63, 3.8) is 0 Å². The van der Waals surface area contributed by atoms with Crippen molar-refractivity contribution in [2.45, 2.75) is 24.4 Å². The van der Waals surface area contributed by atoms with Crippen LogP contribution in [0.4, 0.5) is 0 Å². The van der Waals surface area contributed by atoms with Crippen LogP contribution in [-0.4, -0.2) is 22.4 Å². The molecule has 2 aliphatic rings. The van der Waals surface area contributed by atoms with E-state index in [1.54, 1.807) is 0 Å². The first-order chi connectivity index (χ1) is 13.2. The molecule has 5 aromatic rings. The molecule has 1 aliphatic heterocycles. The van der Waals surface area contributed by atoms with Gasteiger partial charge in [-0.05, 0) is 60.3 Å². The third-order valence-electron chi connectivity index (χ3n) is 6.49. The summed E-state index contributed by atoms with van der Waals surface area (Å²) in [7, 11) is 0. The Morgan fingerprint density at radius 2 is 1.44 bits per heavy atom. The highest BCUT2D eigenvalue weighted by Gasteiger charge is 2.54. The van der Waals surface area contributed by atoms with Crippen molar-refractivity contribution in [2.75, 3.05) is 0 Å². The van der Waals surface area contributed by atoms with Gasteiger partial charge >= 0.3 is 0 Å². The van der Waals surface area contributed by atoms with Gasteiger partial charge in [-0.2, -0.15) is 0 Å². The largest absolute Gasteiger partial charge is 0.387 e. The molecule has 3 nitrogen and oxygen atoms in total. The lowest BCUT2D eigenvalue weighted by Crippen LogP contribution is -2.29. The minimum atomic E-state index is -0.913. The number of hydrogen-bond donors (Lipinski definition) is 2. The molecule has 27 heavy (non-hydrogen) atoms. The van der Waals surface area contributed by atoms with Gasteiger partial charge in [0.1, 0.15) is 24.4 Å². The maximum Gasteiger partial charge on any atom is 0.118 e. The topological polar surface area (TPSA) is 53.0 Å². The highest BCUT2D eigenvalue weighted by atomic mass is 16.6. The van der Waals surface area contributed by atoms with Crippen molar-refractivity contribution in [2.24, 2.45) is 0 Å². The first-order valence-electron chi connectivity index (χ1n) is 9.37. The number of fused-ring (bicyclic) bond motifs is 7. The SMILES string of the molecule is O[C@H]1[C@H]2O[C@H]2c2c(cc3ccc4cccc5c6ccccc6c2c3c45)[C@@H]1O. The molecule has 0 radical (unpaired) electrons. The van der Waals surface area contributed by atoms with E-state index in [1.807, 2.05) is 6.07 Å². The molecule has 0 spiro atoms. The van der Waals surface area contributed by atoms with Crippen LogP contribution in [-0.2, 0) is 4.74 Å². The molecule has 1 saturated heterocycles. The summed E-state index contributed by atoms with van der Waals surface area (Å²) in [5.74, 6) is 0. The molecular formula is C24H16O3. The van der Waals surface area contributed by atoms with Crippen molar-refractivity contribution in [1.29, 1.82) is 0 Å². The Hall–Kier alpha value is -2.72. The molecule has 0 unspecified atom stereocenters. The molecule has 0 amide bonds. The van der Waals surface area contributed by atoms with E-state index in [0.29, 0.717) is 0 Å². The van der Waals surface area contributed by atoms with Gasteiger partial charge < -0.3 is 14.9 Å². The number of aliphatic hydroxyl groups excluding tert-OH is 2. The Labute approximate surface area is 154 Å². The quantitative estimate of drug-likeness (QED) is 0.244. The summed E-state index contributed by atoms with van der Waals surface area (Å²) in [5.41, 5.74) is 1.86. The summed E-state index contributed by atoms with van der Waals surface area (Å²) in [6.45, 7) is 0. The summed E-state index contributed by atoms with van der Waals surface area (Å²) >= 11 is 0. The van der Waals surface area contributed by atoms with Crippen LogP contribution in [0.15, 0.2) is 60.7 Å². The van der Waals surface area contributed by atoms with Crippen molar-refractivity contribution < 1.29 is 14.9 Å². The average molecular weight is 352 g/mol. The second kappa shape index (κ2) is 4.57. The molecule has 0 saturated carbocycles. The molecule has 0 bridgehead atoms. The highest BCUT2D eigenvalue weighted by molar-refractivity contribution is 6.34. The number of aliphatic hydroxyl groups is 2. The van der Waals surface area contributed by atoms with Crippen molar-refractivity contribution in [3.05, 3.63) is 71.8 Å². The van der Waals surface area contributed by atoms with Crippen molar-refractivity contribution >= 4 is 43.1 Å². The zero-order chi connectivity index (χ0) is 17.9. The minimum absolute atomic E-state index is 0.133. The zero-order valence-corrected chi connectivity index (χ0v) is 14.4. The van der Waals surface area contributed by atoms with Crippen LogP contribution >= 0.6 is 0 Å². The van der Waals surface area contributed by atoms with E-state index >= 15 is 0 Å². The van der Waals surface area contributed by atoms with Crippen molar-refractivity contribution in [3.8, 4) is 0 Å². The third kappa shape index (κ3) is 1.60. The predicted molar refractivity (Wildman–Crippen MR) is 106 cm³/mol. The molecule has 5 aromatic carbocycles. The van der Waals surface area contributed by atoms with E-state index in [-0.39, 0.29) is 12.2 Å². The fourth-order valence-electron chi connectivity index (χ4n) is 5.28. The van der Waals surface area contributed by atoms with Crippen molar-refractivity contribution in [1.82, 2.24) is 0 Å². The molecule has 0 aromatic heterocycles. The number of ether oxygens (including phenoxy) is 1. The monoisotopic (exact) mass is 352 g/mol. The molecule has 1 fully saturated rings. The maximum atomic E-state index is 10.8. The molecule has 1 heterocycles. The van der Waals surface area contributed by atoms with Gasteiger partial charge in [-0.15, -0.1) is 0 Å². The van der Waals surface area contributed by atoms with Gasteiger partial charge in [-0.3, -0.25) is 0 Å². The summed E-state index contributed by atoms with van der Waals surface area (Å²) in [6, 6.07) is 21.3. The predicted octanol–water partition coefficient (Wildman–Crippen LogP) is 4.59. The Morgan fingerprint density at radius 1 is 0.704 bits per heavy atom. The lowest BCUT2D eigenvalue weighted by Gasteiger charge is -2.26. The lowest BCUT2D eigenvalue weighted by molar-refractivity contribution is 0.000167. The second-order valence-electron chi connectivity index (χ2n) is 7.82. The second-order valence-corrected chi connectivity index (χ2v) is 7.82. The smallest absolute Gasteiger partial charge is 0.118 e. The van der Waals surface area contributed by atoms with Gasteiger partial charge in [0.05, 0.1) is 0 Å². The summed E-state index contributed by atoms with van der Waals surface area (Å²) in [5, 5.41) is 30.8. The standard InChI is InChI=1S/C24H16O3/c25-21-16-10-12-9-8-11-4-3-7-14-13-5-1-2-6-15(13)19(18(12)17(11)14)20(16)23-24(27-23)22(21)26/h1-10,21-26H/t21-,22+,23-,24+/m0/s1. The Balaban J connectivity index is 1.84. The third-order valence-corrected chi connectivity index (χ3v) is 6.49. The van der Waals surface area contributed by atoms with Crippen LogP contribution in [0.1, 0.15) is 23.3 Å². The van der Waals surface area contributed by atoms with Gasteiger partial charge in [0.2, 0.25) is 0 Å². The molecule has 2 N–H and O–H groups in total. The number of epoxide rings is 1. The van der Waals surface area contributed by atoms with E-state index in [0.717, 1.165) is 16.5 Å². The van der Waals surface area contributed by atoms with E-state index in [2.05, 4.69) is 54.6 Å². The number of rotatable bonds is 0. The summed E-state index contributed by atoms with van der Waals surface area (Å²) in [6.07, 6.45) is -2.21. The van der Waals surface area contributed by atoms with Crippen LogP contribution in [0.2, 0.25) is 0 Å². The normalized spacial score (nSPS) is 26.7. The number of hydrogen-bond acceptors (Lipinski definition) is 3. The maximum absolute atomic E-state index is 10.8. The Morgan fingerprint density at radius 3 is 2.33 bits per heavy atom. The van der Waals surface area contributed by atoms with E-state index in [1.165, 1.54) is 37.7 Å². The molecule has 4 atom stereocenters. The van der Waals surface area contributed by atoms with Crippen LogP contribution in [0, 0.1) is 0 Å². The van der Waals surface area contributed by atoms with E-state index in [4.69, 9.17) is 4.74 Å². The highest BCUT2D eigenvalue weighted by Crippen LogP contribution is 2.55. The van der Waals surface area contributed by atoms with Gasteiger partial charge in [-0.25, -0.2) is 0 Å². The molecule has 7 rings (SSSR count). The van der Waals surface area contributed by atoms with E-state index < -0.39 is 12.2 Å². The number of benzene rings is 5. The fourth-order valence-corrected chi connectivity index (χ4v) is 5.28. The first-order valence-corrected chi connectivity index (χ1v) is 9.37.